The molecule has 15 heavy (non-hydrogen) atoms. The average molecular weight is 250 g/mol. The van der Waals surface area contributed by atoms with Gasteiger partial charge in [-0.3, -0.25) is 4.79 Å². The molecule has 0 radical (unpaired) electrons. The number of aliphatic hydroxyl groups excluding tert-OH is 1. The maximum absolute atomic E-state index is 10.8. The zero-order chi connectivity index (χ0) is 11.4. The van der Waals surface area contributed by atoms with Gasteiger partial charge in [0, 0.05) is 6.54 Å². The van der Waals surface area contributed by atoms with Crippen LogP contribution in [-0.2, 0) is 11.4 Å². The van der Waals surface area contributed by atoms with Crippen LogP contribution in [0, 0.1) is 0 Å². The molecule has 0 atom stereocenters. The fourth-order valence-electron chi connectivity index (χ4n) is 1.06. The van der Waals surface area contributed by atoms with Gasteiger partial charge in [0.05, 0.1) is 18.0 Å². The number of amides is 1. The number of hydrogen-bond donors (Lipinski definition) is 2. The first-order valence-corrected chi connectivity index (χ1v) is 5.57. The Labute approximate surface area is 96.5 Å². The molecule has 1 heterocycles. The van der Waals surface area contributed by atoms with Crippen LogP contribution in [0.15, 0.2) is 0 Å². The third-order valence-corrected chi connectivity index (χ3v) is 3.31. The molecule has 84 valence electrons. The van der Waals surface area contributed by atoms with Gasteiger partial charge in [-0.2, -0.15) is 0 Å². The third-order valence-electron chi connectivity index (χ3n) is 1.78. The van der Waals surface area contributed by atoms with E-state index in [1.165, 1.54) is 11.3 Å². The lowest BCUT2D eigenvalue weighted by Crippen LogP contribution is -2.33. The number of aromatic nitrogens is 1. The normalized spacial score (nSPS) is 10.3. The van der Waals surface area contributed by atoms with E-state index in [4.69, 9.17) is 22.4 Å². The van der Waals surface area contributed by atoms with Gasteiger partial charge in [-0.25, -0.2) is 4.98 Å². The summed E-state index contributed by atoms with van der Waals surface area (Å²) < 4.78 is 0. The van der Waals surface area contributed by atoms with Crippen LogP contribution >= 0.6 is 22.9 Å². The predicted molar refractivity (Wildman–Crippen MR) is 60.1 cm³/mol. The van der Waals surface area contributed by atoms with E-state index in [0.29, 0.717) is 16.6 Å². The van der Waals surface area contributed by atoms with Crippen LogP contribution in [-0.4, -0.2) is 29.1 Å². The van der Waals surface area contributed by atoms with Gasteiger partial charge in [0.15, 0.2) is 5.13 Å². The van der Waals surface area contributed by atoms with Crippen molar-refractivity contribution in [1.29, 1.82) is 0 Å². The molecule has 3 N–H and O–H groups in total. The first-order chi connectivity index (χ1) is 7.08. The molecule has 0 aromatic carbocycles. The lowest BCUT2D eigenvalue weighted by atomic mass is 10.5. The topological polar surface area (TPSA) is 79.5 Å². The molecule has 0 aliphatic carbocycles. The Morgan fingerprint density at radius 2 is 2.40 bits per heavy atom. The Bertz CT molecular complexity index is 356. The van der Waals surface area contributed by atoms with Crippen LogP contribution in [0.1, 0.15) is 11.8 Å². The number of anilines is 1. The van der Waals surface area contributed by atoms with Crippen molar-refractivity contribution in [3.8, 4) is 0 Å². The summed E-state index contributed by atoms with van der Waals surface area (Å²) in [6.07, 6.45) is 0. The van der Waals surface area contributed by atoms with Crippen molar-refractivity contribution in [1.82, 2.24) is 4.98 Å². The molecule has 1 amide bonds. The second-order valence-electron chi connectivity index (χ2n) is 2.85. The smallest absolute Gasteiger partial charge is 0.237 e. The molecule has 5 nitrogen and oxygen atoms in total. The van der Waals surface area contributed by atoms with E-state index in [1.54, 1.807) is 4.90 Å². The van der Waals surface area contributed by atoms with Crippen molar-refractivity contribution in [2.24, 2.45) is 5.73 Å². The van der Waals surface area contributed by atoms with Gasteiger partial charge < -0.3 is 15.7 Å². The quantitative estimate of drug-likeness (QED) is 0.801. The minimum absolute atomic E-state index is 0.102. The van der Waals surface area contributed by atoms with E-state index >= 15 is 0 Å². The summed E-state index contributed by atoms with van der Waals surface area (Å²) in [6.45, 7) is 2.45. The SMILES string of the molecule is CCN(CC(N)=O)c1nc(Cl)c(CO)s1. The number of rotatable bonds is 5. The van der Waals surface area contributed by atoms with Crippen LogP contribution in [0.4, 0.5) is 5.13 Å². The van der Waals surface area contributed by atoms with E-state index in [-0.39, 0.29) is 18.3 Å². The maximum atomic E-state index is 10.8. The Hall–Kier alpha value is -0.850. The van der Waals surface area contributed by atoms with Crippen molar-refractivity contribution in [3.63, 3.8) is 0 Å². The number of likely N-dealkylation sites (N-methyl/N-ethyl adjacent to an activating group) is 1. The van der Waals surface area contributed by atoms with Crippen LogP contribution in [0.25, 0.3) is 0 Å². The molecule has 0 unspecified atom stereocenters. The first kappa shape index (κ1) is 12.2. The number of nitrogens with zero attached hydrogens (tertiary/aromatic N) is 2. The second-order valence-corrected chi connectivity index (χ2v) is 4.27. The number of hydrogen-bond acceptors (Lipinski definition) is 5. The van der Waals surface area contributed by atoms with Crippen molar-refractivity contribution >= 4 is 34.0 Å². The summed E-state index contributed by atoms with van der Waals surface area (Å²) in [6, 6.07) is 0. The Morgan fingerprint density at radius 3 is 2.80 bits per heavy atom. The molecular formula is C8H12ClN3O2S. The molecule has 1 aromatic heterocycles. The van der Waals surface area contributed by atoms with Crippen molar-refractivity contribution in [3.05, 3.63) is 10.0 Å². The standard InChI is InChI=1S/C8H12ClN3O2S/c1-2-12(3-6(10)14)8-11-7(9)5(4-13)15-8/h13H,2-4H2,1H3,(H2,10,14). The van der Waals surface area contributed by atoms with E-state index in [1.807, 2.05) is 6.92 Å². The minimum Gasteiger partial charge on any atom is -0.391 e. The fraction of sp³-hybridized carbons (Fsp3) is 0.500. The van der Waals surface area contributed by atoms with Crippen molar-refractivity contribution in [2.75, 3.05) is 18.0 Å². The lowest BCUT2D eigenvalue weighted by Gasteiger charge is -2.16. The molecule has 0 saturated carbocycles. The molecule has 1 rings (SSSR count). The van der Waals surface area contributed by atoms with Gasteiger partial charge in [0.1, 0.15) is 5.15 Å². The number of halogens is 1. The fourth-order valence-corrected chi connectivity index (χ4v) is 2.24. The average Bonchev–Trinajstić information content (AvgIpc) is 2.55. The van der Waals surface area contributed by atoms with Gasteiger partial charge in [-0.1, -0.05) is 22.9 Å². The van der Waals surface area contributed by atoms with Crippen molar-refractivity contribution < 1.29 is 9.90 Å². The molecule has 0 spiro atoms. The third kappa shape index (κ3) is 3.05. The van der Waals surface area contributed by atoms with Crippen LogP contribution in [0.2, 0.25) is 5.15 Å². The van der Waals surface area contributed by atoms with Gasteiger partial charge in [0.25, 0.3) is 0 Å². The zero-order valence-electron chi connectivity index (χ0n) is 8.23. The maximum Gasteiger partial charge on any atom is 0.237 e. The zero-order valence-corrected chi connectivity index (χ0v) is 9.81. The molecule has 0 aliphatic heterocycles. The van der Waals surface area contributed by atoms with E-state index < -0.39 is 5.91 Å². The Balaban J connectivity index is 2.87. The highest BCUT2D eigenvalue weighted by Crippen LogP contribution is 2.29. The Morgan fingerprint density at radius 1 is 1.73 bits per heavy atom. The van der Waals surface area contributed by atoms with E-state index in [9.17, 15) is 4.79 Å². The predicted octanol–water partition coefficient (Wildman–Crippen LogP) is 0.600. The number of nitrogens with two attached hydrogens (primary N) is 1. The summed E-state index contributed by atoms with van der Waals surface area (Å²) in [5.41, 5.74) is 5.10. The molecule has 1 aromatic rings. The monoisotopic (exact) mass is 249 g/mol. The molecule has 0 bridgehead atoms. The molecule has 0 saturated heterocycles. The van der Waals surface area contributed by atoms with Crippen LogP contribution in [0.5, 0.6) is 0 Å². The molecule has 0 aliphatic rings. The highest BCUT2D eigenvalue weighted by atomic mass is 35.5. The van der Waals surface area contributed by atoms with Gasteiger partial charge in [-0.05, 0) is 6.92 Å². The summed E-state index contributed by atoms with van der Waals surface area (Å²) in [4.78, 5) is 17.1. The molecular weight excluding hydrogens is 238 g/mol. The number of carbonyl (C=O) groups is 1. The molecule has 0 fully saturated rings. The highest BCUT2D eigenvalue weighted by Gasteiger charge is 2.14. The number of primary amides is 1. The number of carbonyl (C=O) groups excluding carboxylic acids is 1. The Kier molecular flexibility index (Phi) is 4.31. The van der Waals surface area contributed by atoms with E-state index in [2.05, 4.69) is 4.98 Å². The van der Waals surface area contributed by atoms with Crippen LogP contribution in [0.3, 0.4) is 0 Å². The lowest BCUT2D eigenvalue weighted by molar-refractivity contribution is -0.116. The van der Waals surface area contributed by atoms with Crippen molar-refractivity contribution in [2.45, 2.75) is 13.5 Å². The number of thiazole rings is 1. The minimum atomic E-state index is -0.422. The highest BCUT2D eigenvalue weighted by molar-refractivity contribution is 7.16. The van der Waals surface area contributed by atoms with Gasteiger partial charge in [-0.15, -0.1) is 0 Å². The summed E-state index contributed by atoms with van der Waals surface area (Å²) in [7, 11) is 0. The van der Waals surface area contributed by atoms with Gasteiger partial charge >= 0.3 is 0 Å². The second kappa shape index (κ2) is 5.29. The van der Waals surface area contributed by atoms with Gasteiger partial charge in [0.2, 0.25) is 5.91 Å². The largest absolute Gasteiger partial charge is 0.391 e. The van der Waals surface area contributed by atoms with E-state index in [0.717, 1.165) is 0 Å². The number of aliphatic hydroxyl groups is 1. The molecule has 7 heteroatoms. The van der Waals surface area contributed by atoms with Crippen LogP contribution < -0.4 is 10.6 Å². The summed E-state index contributed by atoms with van der Waals surface area (Å²) in [5.74, 6) is -0.422. The summed E-state index contributed by atoms with van der Waals surface area (Å²) in [5, 5.41) is 9.82. The summed E-state index contributed by atoms with van der Waals surface area (Å²) >= 11 is 7.04. The first-order valence-electron chi connectivity index (χ1n) is 4.37.